The van der Waals surface area contributed by atoms with Gasteiger partial charge in [0.1, 0.15) is 0 Å². The Morgan fingerprint density at radius 1 is 1.08 bits per heavy atom. The van der Waals surface area contributed by atoms with Crippen molar-refractivity contribution in [2.24, 2.45) is 0 Å². The fourth-order valence-electron chi connectivity index (χ4n) is 1.21. The van der Waals surface area contributed by atoms with Crippen molar-refractivity contribution in [3.05, 3.63) is 30.0 Å². The molecule has 0 saturated heterocycles. The van der Waals surface area contributed by atoms with Gasteiger partial charge in [0.15, 0.2) is 0 Å². The van der Waals surface area contributed by atoms with Crippen LogP contribution in [-0.4, -0.2) is 26.2 Å². The molecule has 12 heavy (non-hydrogen) atoms. The average molecular weight is 222 g/mol. The number of aromatic nitrogens is 2. The Kier molecular flexibility index (Phi) is 1.83. The molecular weight excluding hydrogens is 215 g/mol. The molecule has 0 aliphatic heterocycles. The number of fused-ring (bicyclic) bond motifs is 1. The van der Waals surface area contributed by atoms with Crippen LogP contribution < -0.4 is 4.59 Å². The van der Waals surface area contributed by atoms with Crippen molar-refractivity contribution in [1.82, 2.24) is 10.2 Å². The minimum atomic E-state index is 0.871. The van der Waals surface area contributed by atoms with Crippen LogP contribution in [-0.2, 0) is 0 Å². The van der Waals surface area contributed by atoms with Gasteiger partial charge in [0.25, 0.3) is 0 Å². The van der Waals surface area contributed by atoms with Gasteiger partial charge in [-0.05, 0) is 0 Å². The predicted octanol–water partition coefficient (Wildman–Crippen LogP) is 0.732. The van der Waals surface area contributed by atoms with Crippen LogP contribution in [0.15, 0.2) is 24.3 Å². The minimum absolute atomic E-state index is 0.871. The molecule has 0 aliphatic carbocycles. The molecule has 1 aromatic heterocycles. The van der Waals surface area contributed by atoms with Crippen LogP contribution in [0.25, 0.3) is 10.8 Å². The zero-order chi connectivity index (χ0) is 8.55. The average Bonchev–Trinajstić information content (AvgIpc) is 2.12. The van der Waals surface area contributed by atoms with E-state index in [2.05, 4.69) is 32.3 Å². The van der Waals surface area contributed by atoms with Crippen molar-refractivity contribution in [3.8, 4) is 0 Å². The first-order valence-corrected chi connectivity index (χ1v) is 4.54. The third kappa shape index (κ3) is 1.11. The van der Waals surface area contributed by atoms with Gasteiger partial charge in [-0.3, -0.25) is 0 Å². The first-order chi connectivity index (χ1) is 5.79. The molecule has 59 valence electrons. The number of nitrogens with zero attached hydrogens (tertiary/aromatic N) is 2. The topological polar surface area (TPSA) is 25.8 Å². The van der Waals surface area contributed by atoms with Gasteiger partial charge in [0.05, 0.1) is 0 Å². The molecule has 0 fully saturated rings. The fraction of sp³-hybridized carbons (Fsp3) is 0.111. The molecule has 0 unspecified atom stereocenters. The SMILES string of the molecule is Cc1nnc([Se])c2ccccc12. The van der Waals surface area contributed by atoms with Crippen molar-refractivity contribution in [2.45, 2.75) is 6.92 Å². The van der Waals surface area contributed by atoms with Crippen LogP contribution in [0, 0.1) is 6.92 Å². The molecule has 0 N–H and O–H groups in total. The summed E-state index contributed by atoms with van der Waals surface area (Å²) < 4.78 is 0.871. The third-order valence-corrected chi connectivity index (χ3v) is 2.47. The summed E-state index contributed by atoms with van der Waals surface area (Å²) in [4.78, 5) is 0. The van der Waals surface area contributed by atoms with Gasteiger partial charge in [0.2, 0.25) is 0 Å². The maximum absolute atomic E-state index is 4.03. The normalized spacial score (nSPS) is 10.4. The van der Waals surface area contributed by atoms with Crippen molar-refractivity contribution in [3.63, 3.8) is 0 Å². The molecule has 0 amide bonds. The first kappa shape index (κ1) is 7.71. The molecule has 0 bridgehead atoms. The first-order valence-electron chi connectivity index (χ1n) is 3.68. The Hall–Kier alpha value is -0.921. The molecule has 1 aromatic carbocycles. The van der Waals surface area contributed by atoms with Crippen LogP contribution in [0.1, 0.15) is 5.69 Å². The van der Waals surface area contributed by atoms with Crippen molar-refractivity contribution < 1.29 is 0 Å². The Morgan fingerprint density at radius 3 is 2.42 bits per heavy atom. The zero-order valence-corrected chi connectivity index (χ0v) is 8.33. The van der Waals surface area contributed by atoms with Crippen molar-refractivity contribution in [2.75, 3.05) is 0 Å². The molecule has 2 aromatic rings. The Labute approximate surface area is 78.8 Å². The molecule has 3 heteroatoms. The van der Waals surface area contributed by atoms with E-state index in [9.17, 15) is 0 Å². The second-order valence-electron chi connectivity index (χ2n) is 2.64. The number of hydrogen-bond acceptors (Lipinski definition) is 2. The van der Waals surface area contributed by atoms with Crippen LogP contribution >= 0.6 is 0 Å². The fourth-order valence-corrected chi connectivity index (χ4v) is 1.67. The maximum atomic E-state index is 4.03. The monoisotopic (exact) mass is 223 g/mol. The van der Waals surface area contributed by atoms with Crippen LogP contribution in [0.3, 0.4) is 0 Å². The van der Waals surface area contributed by atoms with Gasteiger partial charge in [-0.1, -0.05) is 0 Å². The number of aryl methyl sites for hydroxylation is 1. The standard InChI is InChI=1S/C9H7N2Se/c1-6-7-4-2-3-5-8(7)9(12)11-10-6/h2-5H,1H3. The number of rotatable bonds is 0. The van der Waals surface area contributed by atoms with Gasteiger partial charge in [0, 0.05) is 0 Å². The van der Waals surface area contributed by atoms with E-state index < -0.39 is 0 Å². The van der Waals surface area contributed by atoms with Gasteiger partial charge in [-0.2, -0.15) is 0 Å². The molecular formula is C9H7N2Se. The molecule has 2 nitrogen and oxygen atoms in total. The second-order valence-corrected chi connectivity index (χ2v) is 3.45. The number of benzene rings is 1. The Balaban J connectivity index is 2.95. The quantitative estimate of drug-likeness (QED) is 0.614. The second kappa shape index (κ2) is 2.85. The van der Waals surface area contributed by atoms with Crippen LogP contribution in [0.4, 0.5) is 0 Å². The van der Waals surface area contributed by atoms with E-state index in [-0.39, 0.29) is 0 Å². The van der Waals surface area contributed by atoms with Gasteiger partial charge >= 0.3 is 78.5 Å². The predicted molar refractivity (Wildman–Crippen MR) is 49.7 cm³/mol. The summed E-state index contributed by atoms with van der Waals surface area (Å²) in [6.45, 7) is 1.97. The summed E-state index contributed by atoms with van der Waals surface area (Å²) in [6.07, 6.45) is 0. The summed E-state index contributed by atoms with van der Waals surface area (Å²) in [5.41, 5.74) is 0.976. The van der Waals surface area contributed by atoms with E-state index in [4.69, 9.17) is 0 Å². The molecule has 0 saturated carbocycles. The van der Waals surface area contributed by atoms with Gasteiger partial charge in [-0.15, -0.1) is 0 Å². The summed E-state index contributed by atoms with van der Waals surface area (Å²) in [6, 6.07) is 8.11. The molecule has 0 aliphatic rings. The van der Waals surface area contributed by atoms with E-state index >= 15 is 0 Å². The molecule has 1 heterocycles. The molecule has 0 atom stereocenters. The van der Waals surface area contributed by atoms with E-state index in [1.165, 1.54) is 5.39 Å². The van der Waals surface area contributed by atoms with Crippen LogP contribution in [0.5, 0.6) is 0 Å². The van der Waals surface area contributed by atoms with Crippen LogP contribution in [0.2, 0.25) is 0 Å². The summed E-state index contributed by atoms with van der Waals surface area (Å²) in [7, 11) is 0. The Morgan fingerprint density at radius 2 is 1.75 bits per heavy atom. The number of hydrogen-bond donors (Lipinski definition) is 0. The van der Waals surface area contributed by atoms with Gasteiger partial charge in [-0.25, -0.2) is 0 Å². The summed E-state index contributed by atoms with van der Waals surface area (Å²) >= 11 is 2.90. The third-order valence-electron chi connectivity index (χ3n) is 1.84. The van der Waals surface area contributed by atoms with Crippen molar-refractivity contribution in [1.29, 1.82) is 0 Å². The zero-order valence-electron chi connectivity index (χ0n) is 6.61. The van der Waals surface area contributed by atoms with E-state index in [0.29, 0.717) is 0 Å². The van der Waals surface area contributed by atoms with Gasteiger partial charge < -0.3 is 0 Å². The van der Waals surface area contributed by atoms with E-state index in [0.717, 1.165) is 15.7 Å². The Bertz CT molecular complexity index is 385. The van der Waals surface area contributed by atoms with Crippen molar-refractivity contribution >= 4 is 31.4 Å². The molecule has 2 rings (SSSR count). The summed E-state index contributed by atoms with van der Waals surface area (Å²) in [5, 5.41) is 10.3. The van der Waals surface area contributed by atoms with E-state index in [1.54, 1.807) is 0 Å². The molecule has 1 radical (unpaired) electrons. The summed E-state index contributed by atoms with van der Waals surface area (Å²) in [5.74, 6) is 0. The molecule has 0 spiro atoms. The van der Waals surface area contributed by atoms with E-state index in [1.807, 2.05) is 25.1 Å².